The van der Waals surface area contributed by atoms with Crippen LogP contribution in [0.25, 0.3) is 0 Å². The van der Waals surface area contributed by atoms with E-state index in [-0.39, 0.29) is 4.47 Å². The molecule has 0 spiro atoms. The van der Waals surface area contributed by atoms with Gasteiger partial charge in [0.15, 0.2) is 5.82 Å². The molecule has 116 valence electrons. The molecule has 2 atom stereocenters. The maximum absolute atomic E-state index is 14.1. The Kier molecular flexibility index (Phi) is 4.36. The maximum atomic E-state index is 14.1. The Bertz CT molecular complexity index is 684. The molecule has 1 aromatic carbocycles. The van der Waals surface area contributed by atoms with Gasteiger partial charge < -0.3 is 15.3 Å². The standard InChI is InChI=1S/C11H11BrFNO6S/c12-5-1-6(11(17)18)10(13)9(2-5)21(19,20)14-3-7(15)8(16)4-14/h1-2,7-8,15-16H,3-4H2,(H,17,18). The van der Waals surface area contributed by atoms with Gasteiger partial charge in [0.1, 0.15) is 4.90 Å². The minimum absolute atomic E-state index is 0.0835. The molecule has 10 heteroatoms. The number of aromatic carboxylic acids is 1. The first-order chi connectivity index (χ1) is 9.64. The van der Waals surface area contributed by atoms with Gasteiger partial charge in [0.05, 0.1) is 17.8 Å². The zero-order valence-electron chi connectivity index (χ0n) is 10.4. The molecule has 0 saturated carbocycles. The van der Waals surface area contributed by atoms with Gasteiger partial charge in [0.25, 0.3) is 0 Å². The van der Waals surface area contributed by atoms with E-state index in [0.29, 0.717) is 4.31 Å². The zero-order valence-corrected chi connectivity index (χ0v) is 12.8. The van der Waals surface area contributed by atoms with Gasteiger partial charge in [0, 0.05) is 17.6 Å². The van der Waals surface area contributed by atoms with Crippen molar-refractivity contribution in [3.63, 3.8) is 0 Å². The van der Waals surface area contributed by atoms with Crippen molar-refractivity contribution < 1.29 is 32.9 Å². The number of hydrogen-bond donors (Lipinski definition) is 3. The van der Waals surface area contributed by atoms with Crippen LogP contribution in [0.3, 0.4) is 0 Å². The molecule has 3 N–H and O–H groups in total. The summed E-state index contributed by atoms with van der Waals surface area (Å²) in [6.07, 6.45) is -2.54. The van der Waals surface area contributed by atoms with Gasteiger partial charge in [0.2, 0.25) is 10.0 Å². The van der Waals surface area contributed by atoms with Crippen LogP contribution in [-0.2, 0) is 10.0 Å². The molecule has 0 bridgehead atoms. The molecule has 0 aromatic heterocycles. The minimum atomic E-state index is -4.37. The van der Waals surface area contributed by atoms with Crippen molar-refractivity contribution in [3.05, 3.63) is 28.0 Å². The number of aliphatic hydroxyl groups is 2. The molecule has 2 rings (SSSR count). The summed E-state index contributed by atoms with van der Waals surface area (Å²) in [6, 6.07) is 1.89. The lowest BCUT2D eigenvalue weighted by Gasteiger charge is -2.17. The van der Waals surface area contributed by atoms with Crippen LogP contribution < -0.4 is 0 Å². The molecule has 1 saturated heterocycles. The number of β-amino-alcohol motifs (C(OH)–C–C–N with tert-alkyl or cyclic N) is 2. The third-order valence-electron chi connectivity index (χ3n) is 3.08. The molecule has 1 aliphatic rings. The first-order valence-electron chi connectivity index (χ1n) is 5.73. The van der Waals surface area contributed by atoms with Gasteiger partial charge >= 0.3 is 5.97 Å². The summed E-state index contributed by atoms with van der Waals surface area (Å²) in [5, 5.41) is 27.7. The number of carboxylic acid groups (broad SMARTS) is 1. The number of nitrogens with zero attached hydrogens (tertiary/aromatic N) is 1. The first-order valence-corrected chi connectivity index (χ1v) is 7.96. The third kappa shape index (κ3) is 2.94. The van der Waals surface area contributed by atoms with E-state index in [4.69, 9.17) is 5.11 Å². The van der Waals surface area contributed by atoms with Crippen molar-refractivity contribution in [2.75, 3.05) is 13.1 Å². The number of sulfonamides is 1. The summed E-state index contributed by atoms with van der Waals surface area (Å²) in [5.41, 5.74) is -0.789. The Hall–Kier alpha value is -1.07. The minimum Gasteiger partial charge on any atom is -0.478 e. The van der Waals surface area contributed by atoms with Crippen LogP contribution in [0.2, 0.25) is 0 Å². The van der Waals surface area contributed by atoms with Crippen molar-refractivity contribution in [2.24, 2.45) is 0 Å². The molecule has 1 heterocycles. The van der Waals surface area contributed by atoms with Gasteiger partial charge in [-0.3, -0.25) is 0 Å². The van der Waals surface area contributed by atoms with Crippen LogP contribution in [0.1, 0.15) is 10.4 Å². The molecule has 1 aromatic rings. The van der Waals surface area contributed by atoms with Crippen LogP contribution in [0.15, 0.2) is 21.5 Å². The van der Waals surface area contributed by atoms with Crippen molar-refractivity contribution in [3.8, 4) is 0 Å². The molecule has 21 heavy (non-hydrogen) atoms. The van der Waals surface area contributed by atoms with Crippen molar-refractivity contribution in [1.82, 2.24) is 4.31 Å². The quantitative estimate of drug-likeness (QED) is 0.677. The predicted octanol–water partition coefficient (Wildman–Crippen LogP) is 0.0125. The topological polar surface area (TPSA) is 115 Å². The average Bonchev–Trinajstić information content (AvgIpc) is 2.72. The summed E-state index contributed by atoms with van der Waals surface area (Å²) in [7, 11) is -4.37. The number of benzene rings is 1. The average molecular weight is 384 g/mol. The number of halogens is 2. The molecule has 0 amide bonds. The van der Waals surface area contributed by atoms with Crippen LogP contribution in [0.5, 0.6) is 0 Å². The Morgan fingerprint density at radius 3 is 2.29 bits per heavy atom. The molecule has 7 nitrogen and oxygen atoms in total. The number of carboxylic acids is 1. The molecule has 0 radical (unpaired) electrons. The fourth-order valence-electron chi connectivity index (χ4n) is 1.98. The highest BCUT2D eigenvalue weighted by molar-refractivity contribution is 9.10. The third-order valence-corrected chi connectivity index (χ3v) is 5.37. The van der Waals surface area contributed by atoms with Crippen molar-refractivity contribution in [2.45, 2.75) is 17.1 Å². The molecule has 2 unspecified atom stereocenters. The normalized spacial score (nSPS) is 23.4. The summed E-state index contributed by atoms with van der Waals surface area (Å²) < 4.78 is 39.6. The number of rotatable bonds is 3. The highest BCUT2D eigenvalue weighted by Gasteiger charge is 2.39. The van der Waals surface area contributed by atoms with E-state index in [1.54, 1.807) is 0 Å². The van der Waals surface area contributed by atoms with Gasteiger partial charge in [-0.15, -0.1) is 0 Å². The van der Waals surface area contributed by atoms with Gasteiger partial charge in [-0.1, -0.05) is 15.9 Å². The molecule has 1 aliphatic heterocycles. The largest absolute Gasteiger partial charge is 0.478 e. The second-order valence-corrected chi connectivity index (χ2v) is 7.35. The van der Waals surface area contributed by atoms with Gasteiger partial charge in [-0.05, 0) is 12.1 Å². The summed E-state index contributed by atoms with van der Waals surface area (Å²) in [5.74, 6) is -2.99. The van der Waals surface area contributed by atoms with Crippen LogP contribution >= 0.6 is 15.9 Å². The van der Waals surface area contributed by atoms with Gasteiger partial charge in [-0.2, -0.15) is 4.31 Å². The summed E-state index contributed by atoms with van der Waals surface area (Å²) in [6.45, 7) is -0.782. The first kappa shape index (κ1) is 16.3. The van der Waals surface area contributed by atoms with E-state index in [1.807, 2.05) is 0 Å². The van der Waals surface area contributed by atoms with Gasteiger partial charge in [-0.25, -0.2) is 17.6 Å². The smallest absolute Gasteiger partial charge is 0.338 e. The number of aliphatic hydroxyl groups excluding tert-OH is 2. The highest BCUT2D eigenvalue weighted by Crippen LogP contribution is 2.28. The predicted molar refractivity (Wildman–Crippen MR) is 71.8 cm³/mol. The van der Waals surface area contributed by atoms with E-state index in [0.717, 1.165) is 12.1 Å². The monoisotopic (exact) mass is 383 g/mol. The van der Waals surface area contributed by atoms with Crippen LogP contribution in [0, 0.1) is 5.82 Å². The van der Waals surface area contributed by atoms with E-state index < -0.39 is 57.6 Å². The molecular weight excluding hydrogens is 373 g/mol. The van der Waals surface area contributed by atoms with Crippen molar-refractivity contribution in [1.29, 1.82) is 0 Å². The second kappa shape index (κ2) is 5.61. The zero-order chi connectivity index (χ0) is 15.9. The maximum Gasteiger partial charge on any atom is 0.338 e. The Labute approximate surface area is 127 Å². The molecule has 1 fully saturated rings. The lowest BCUT2D eigenvalue weighted by atomic mass is 10.2. The van der Waals surface area contributed by atoms with E-state index in [9.17, 15) is 27.8 Å². The van der Waals surface area contributed by atoms with E-state index in [2.05, 4.69) is 15.9 Å². The SMILES string of the molecule is O=C(O)c1cc(Br)cc(S(=O)(=O)N2CC(O)C(O)C2)c1F. The van der Waals surface area contributed by atoms with E-state index >= 15 is 0 Å². The fourth-order valence-corrected chi connectivity index (χ4v) is 4.18. The Morgan fingerprint density at radius 1 is 1.29 bits per heavy atom. The highest BCUT2D eigenvalue weighted by atomic mass is 79.9. The summed E-state index contributed by atoms with van der Waals surface area (Å²) in [4.78, 5) is 10.1. The Morgan fingerprint density at radius 2 is 1.81 bits per heavy atom. The number of hydrogen-bond acceptors (Lipinski definition) is 5. The van der Waals surface area contributed by atoms with E-state index in [1.165, 1.54) is 0 Å². The second-order valence-electron chi connectivity index (χ2n) is 4.53. The summed E-state index contributed by atoms with van der Waals surface area (Å²) >= 11 is 2.93. The lowest BCUT2D eigenvalue weighted by molar-refractivity contribution is 0.0572. The number of carbonyl (C=O) groups is 1. The lowest BCUT2D eigenvalue weighted by Crippen LogP contribution is -2.31. The van der Waals surface area contributed by atoms with Crippen molar-refractivity contribution >= 4 is 31.9 Å². The molecule has 0 aliphatic carbocycles. The molecular formula is C11H11BrFNO6S. The fraction of sp³-hybridized carbons (Fsp3) is 0.364. The Balaban J connectivity index is 2.53. The van der Waals surface area contributed by atoms with Crippen LogP contribution in [-0.4, -0.2) is 59.3 Å². The van der Waals surface area contributed by atoms with Crippen LogP contribution in [0.4, 0.5) is 4.39 Å².